The average molecular weight is 492 g/mol. The third kappa shape index (κ3) is 6.69. The molecule has 0 bridgehead atoms. The third-order valence-electron chi connectivity index (χ3n) is 5.24. The maximum atomic E-state index is 13.1. The topological polar surface area (TPSA) is 97.4 Å². The number of carbonyl (C=O) groups excluding carboxylic acids is 1. The minimum atomic E-state index is -3.71. The van der Waals surface area contributed by atoms with E-state index in [0.29, 0.717) is 44.3 Å². The number of ether oxygens (including phenoxy) is 3. The lowest BCUT2D eigenvalue weighted by Crippen LogP contribution is -2.40. The van der Waals surface area contributed by atoms with E-state index in [1.807, 2.05) is 50.1 Å². The first-order valence-electron chi connectivity index (χ1n) is 11.2. The van der Waals surface area contributed by atoms with Crippen molar-refractivity contribution >= 4 is 21.6 Å². The summed E-state index contributed by atoms with van der Waals surface area (Å²) >= 11 is 0. The Morgan fingerprint density at radius 3 is 2.53 bits per heavy atom. The molecule has 1 aliphatic heterocycles. The molecule has 0 atom stereocenters. The second-order valence-corrected chi connectivity index (χ2v) is 10.3. The van der Waals surface area contributed by atoms with Crippen LogP contribution in [0.2, 0.25) is 0 Å². The second-order valence-electron chi connectivity index (χ2n) is 8.37. The fourth-order valence-electron chi connectivity index (χ4n) is 3.68. The van der Waals surface area contributed by atoms with Gasteiger partial charge in [0.25, 0.3) is 0 Å². The number of anilines is 1. The standard InChI is InChI=1S/C24H33N3O6S/c1-18(2)33-23-10-9-20(34(29,30)27-11-13-32-14-12-27)15-21(23)25-24(28)17-26(3)16-19-7-5-6-8-22(19)31-4/h5-10,15,18H,11-14,16-17H2,1-4H3,(H,25,28). The van der Waals surface area contributed by atoms with Crippen LogP contribution < -0.4 is 14.8 Å². The molecule has 1 heterocycles. The molecule has 9 nitrogen and oxygen atoms in total. The van der Waals surface area contributed by atoms with Crippen LogP contribution in [0.4, 0.5) is 5.69 Å². The van der Waals surface area contributed by atoms with Crippen molar-refractivity contribution in [1.29, 1.82) is 0 Å². The number of hydrogen-bond donors (Lipinski definition) is 1. The molecule has 0 spiro atoms. The van der Waals surface area contributed by atoms with E-state index in [1.54, 1.807) is 13.2 Å². The maximum Gasteiger partial charge on any atom is 0.243 e. The Bertz CT molecular complexity index is 1080. The number of hydrogen-bond acceptors (Lipinski definition) is 7. The minimum absolute atomic E-state index is 0.0968. The zero-order chi connectivity index (χ0) is 24.7. The lowest BCUT2D eigenvalue weighted by Gasteiger charge is -2.26. The van der Waals surface area contributed by atoms with Crippen molar-refractivity contribution < 1.29 is 27.4 Å². The SMILES string of the molecule is COc1ccccc1CN(C)CC(=O)Nc1cc(S(=O)(=O)N2CCOCC2)ccc1OC(C)C. The number of amides is 1. The Hall–Kier alpha value is -2.66. The molecule has 1 amide bonds. The number of morpholine rings is 1. The summed E-state index contributed by atoms with van der Waals surface area (Å²) in [5.74, 6) is 0.881. The predicted octanol–water partition coefficient (Wildman–Crippen LogP) is 2.57. The summed E-state index contributed by atoms with van der Waals surface area (Å²) in [6, 6.07) is 12.2. The molecule has 2 aromatic rings. The smallest absolute Gasteiger partial charge is 0.243 e. The molecular formula is C24H33N3O6S. The monoisotopic (exact) mass is 491 g/mol. The van der Waals surface area contributed by atoms with Gasteiger partial charge in [0.15, 0.2) is 0 Å². The lowest BCUT2D eigenvalue weighted by molar-refractivity contribution is -0.117. The van der Waals surface area contributed by atoms with Crippen LogP contribution in [0.25, 0.3) is 0 Å². The van der Waals surface area contributed by atoms with Crippen molar-refractivity contribution in [1.82, 2.24) is 9.21 Å². The maximum absolute atomic E-state index is 13.1. The molecule has 186 valence electrons. The van der Waals surface area contributed by atoms with Gasteiger partial charge in [-0.15, -0.1) is 0 Å². The molecule has 10 heteroatoms. The lowest BCUT2D eigenvalue weighted by atomic mass is 10.2. The molecule has 34 heavy (non-hydrogen) atoms. The van der Waals surface area contributed by atoms with Gasteiger partial charge in [-0.1, -0.05) is 18.2 Å². The molecule has 0 saturated carbocycles. The number of para-hydroxylation sites is 1. The third-order valence-corrected chi connectivity index (χ3v) is 7.14. The van der Waals surface area contributed by atoms with E-state index in [4.69, 9.17) is 14.2 Å². The van der Waals surface area contributed by atoms with Crippen molar-refractivity contribution in [3.8, 4) is 11.5 Å². The first-order chi connectivity index (χ1) is 16.2. The molecule has 0 radical (unpaired) electrons. The minimum Gasteiger partial charge on any atom is -0.496 e. The summed E-state index contributed by atoms with van der Waals surface area (Å²) in [5, 5.41) is 2.83. The zero-order valence-corrected chi connectivity index (χ0v) is 20.9. The van der Waals surface area contributed by atoms with Crippen molar-refractivity contribution in [3.05, 3.63) is 48.0 Å². The molecule has 1 fully saturated rings. The number of likely N-dealkylation sites (N-methyl/N-ethyl adjacent to an activating group) is 1. The van der Waals surface area contributed by atoms with Gasteiger partial charge in [0.2, 0.25) is 15.9 Å². The summed E-state index contributed by atoms with van der Waals surface area (Å²) in [6.07, 6.45) is -0.148. The van der Waals surface area contributed by atoms with Gasteiger partial charge in [0.1, 0.15) is 11.5 Å². The van der Waals surface area contributed by atoms with Crippen LogP contribution in [0.3, 0.4) is 0 Å². The number of nitrogens with zero attached hydrogens (tertiary/aromatic N) is 2. The number of rotatable bonds is 10. The summed E-state index contributed by atoms with van der Waals surface area (Å²) in [5.41, 5.74) is 1.28. The fourth-order valence-corrected chi connectivity index (χ4v) is 5.11. The number of benzene rings is 2. The average Bonchev–Trinajstić information content (AvgIpc) is 2.80. The highest BCUT2D eigenvalue weighted by atomic mass is 32.2. The van der Waals surface area contributed by atoms with Crippen LogP contribution in [-0.4, -0.2) is 76.6 Å². The van der Waals surface area contributed by atoms with E-state index in [1.165, 1.54) is 16.4 Å². The first kappa shape index (κ1) is 26.0. The van der Waals surface area contributed by atoms with Gasteiger partial charge in [-0.2, -0.15) is 4.31 Å². The largest absolute Gasteiger partial charge is 0.496 e. The van der Waals surface area contributed by atoms with E-state index in [0.717, 1.165) is 11.3 Å². The highest BCUT2D eigenvalue weighted by Gasteiger charge is 2.27. The Balaban J connectivity index is 1.76. The van der Waals surface area contributed by atoms with Gasteiger partial charge in [-0.05, 0) is 45.2 Å². The zero-order valence-electron chi connectivity index (χ0n) is 20.1. The molecule has 0 aromatic heterocycles. The van der Waals surface area contributed by atoms with E-state index in [9.17, 15) is 13.2 Å². The van der Waals surface area contributed by atoms with Crippen molar-refractivity contribution in [2.24, 2.45) is 0 Å². The Kier molecular flexibility index (Phi) is 8.90. The fraction of sp³-hybridized carbons (Fsp3) is 0.458. The molecule has 0 aliphatic carbocycles. The van der Waals surface area contributed by atoms with E-state index >= 15 is 0 Å². The van der Waals surface area contributed by atoms with Crippen LogP contribution in [0.15, 0.2) is 47.4 Å². The number of nitrogens with one attached hydrogen (secondary N) is 1. The Labute approximate surface area is 201 Å². The quantitative estimate of drug-likeness (QED) is 0.546. The van der Waals surface area contributed by atoms with Crippen LogP contribution in [0.1, 0.15) is 19.4 Å². The van der Waals surface area contributed by atoms with Crippen LogP contribution in [0, 0.1) is 0 Å². The Morgan fingerprint density at radius 1 is 1.15 bits per heavy atom. The van der Waals surface area contributed by atoms with Crippen LogP contribution in [0.5, 0.6) is 11.5 Å². The highest BCUT2D eigenvalue weighted by molar-refractivity contribution is 7.89. The van der Waals surface area contributed by atoms with Gasteiger partial charge in [0.05, 0.1) is 43.6 Å². The highest BCUT2D eigenvalue weighted by Crippen LogP contribution is 2.30. The summed E-state index contributed by atoms with van der Waals surface area (Å²) in [7, 11) is -0.274. The molecule has 1 N–H and O–H groups in total. The van der Waals surface area contributed by atoms with Gasteiger partial charge in [0, 0.05) is 25.2 Å². The summed E-state index contributed by atoms with van der Waals surface area (Å²) in [4.78, 5) is 14.8. The van der Waals surface area contributed by atoms with E-state index in [2.05, 4.69) is 5.32 Å². The van der Waals surface area contributed by atoms with Gasteiger partial charge >= 0.3 is 0 Å². The second kappa shape index (κ2) is 11.7. The number of carbonyl (C=O) groups is 1. The summed E-state index contributed by atoms with van der Waals surface area (Å²) in [6.45, 7) is 5.64. The van der Waals surface area contributed by atoms with Crippen LogP contribution in [-0.2, 0) is 26.1 Å². The van der Waals surface area contributed by atoms with Gasteiger partial charge in [-0.25, -0.2) is 8.42 Å². The molecule has 1 saturated heterocycles. The normalized spacial score (nSPS) is 14.9. The first-order valence-corrected chi connectivity index (χ1v) is 12.6. The molecular weight excluding hydrogens is 458 g/mol. The van der Waals surface area contributed by atoms with E-state index in [-0.39, 0.29) is 23.5 Å². The number of sulfonamides is 1. The van der Waals surface area contributed by atoms with Gasteiger partial charge < -0.3 is 19.5 Å². The molecule has 2 aromatic carbocycles. The van der Waals surface area contributed by atoms with Crippen LogP contribution >= 0.6 is 0 Å². The van der Waals surface area contributed by atoms with Crippen molar-refractivity contribution in [2.75, 3.05) is 52.3 Å². The predicted molar refractivity (Wildman–Crippen MR) is 130 cm³/mol. The molecule has 1 aliphatic rings. The number of methoxy groups -OCH3 is 1. The van der Waals surface area contributed by atoms with E-state index < -0.39 is 10.0 Å². The van der Waals surface area contributed by atoms with Crippen molar-refractivity contribution in [3.63, 3.8) is 0 Å². The molecule has 0 unspecified atom stereocenters. The van der Waals surface area contributed by atoms with Gasteiger partial charge in [-0.3, -0.25) is 9.69 Å². The van der Waals surface area contributed by atoms with Crippen molar-refractivity contribution in [2.45, 2.75) is 31.4 Å². The Morgan fingerprint density at radius 2 is 1.85 bits per heavy atom. The molecule has 3 rings (SSSR count). The summed E-state index contributed by atoms with van der Waals surface area (Å²) < 4.78 is 44.1.